The van der Waals surface area contributed by atoms with Crippen LogP contribution in [0.25, 0.3) is 0 Å². The molecule has 1 atom stereocenters. The van der Waals surface area contributed by atoms with Gasteiger partial charge in [-0.25, -0.2) is 9.59 Å². The molecule has 0 aliphatic carbocycles. The quantitative estimate of drug-likeness (QED) is 0.609. The number of benzene rings is 1. The van der Waals surface area contributed by atoms with Crippen LogP contribution >= 0.6 is 0 Å². The number of amides is 1. The molecule has 0 fully saturated rings. The van der Waals surface area contributed by atoms with Crippen LogP contribution in [-0.4, -0.2) is 41.5 Å². The first kappa shape index (κ1) is 17.7. The Morgan fingerprint density at radius 2 is 1.58 bits per heavy atom. The summed E-state index contributed by atoms with van der Waals surface area (Å²) in [4.78, 5) is 38.9. The Balaban J connectivity index is 2.64. The molecule has 1 heterocycles. The van der Waals surface area contributed by atoms with Crippen molar-refractivity contribution in [2.75, 3.05) is 13.2 Å². The maximum Gasteiger partial charge on any atom is 0.345 e. The first-order valence-electron chi connectivity index (χ1n) is 7.87. The second-order valence-electron chi connectivity index (χ2n) is 5.33. The van der Waals surface area contributed by atoms with Gasteiger partial charge in [-0.3, -0.25) is 9.69 Å². The summed E-state index contributed by atoms with van der Waals surface area (Å²) in [5, 5.41) is 0. The number of hydrogen-bond donors (Lipinski definition) is 0. The summed E-state index contributed by atoms with van der Waals surface area (Å²) in [6, 6.07) is 9.04. The number of nitrogens with zero attached hydrogens (tertiary/aromatic N) is 1. The highest BCUT2D eigenvalue weighted by Crippen LogP contribution is 2.42. The van der Waals surface area contributed by atoms with E-state index in [1.54, 1.807) is 44.2 Å². The van der Waals surface area contributed by atoms with Gasteiger partial charge in [-0.05, 0) is 19.4 Å². The van der Waals surface area contributed by atoms with Gasteiger partial charge in [0.25, 0.3) is 5.54 Å². The van der Waals surface area contributed by atoms with Crippen molar-refractivity contribution in [1.29, 1.82) is 0 Å². The summed E-state index contributed by atoms with van der Waals surface area (Å²) in [7, 11) is 0. The van der Waals surface area contributed by atoms with Gasteiger partial charge in [0, 0.05) is 19.0 Å². The number of rotatable bonds is 5. The summed E-state index contributed by atoms with van der Waals surface area (Å²) in [5.41, 5.74) is -1.15. The summed E-state index contributed by atoms with van der Waals surface area (Å²) in [6.07, 6.45) is 3.11. The summed E-state index contributed by atoms with van der Waals surface area (Å²) >= 11 is 0. The summed E-state index contributed by atoms with van der Waals surface area (Å²) < 4.78 is 10.3. The Morgan fingerprint density at radius 3 is 2.04 bits per heavy atom. The van der Waals surface area contributed by atoms with Crippen LogP contribution in [-0.2, 0) is 23.9 Å². The van der Waals surface area contributed by atoms with Crippen molar-refractivity contribution in [1.82, 2.24) is 4.90 Å². The Kier molecular flexibility index (Phi) is 5.39. The summed E-state index contributed by atoms with van der Waals surface area (Å²) in [6.45, 7) is 4.77. The van der Waals surface area contributed by atoms with Gasteiger partial charge < -0.3 is 9.47 Å². The molecule has 0 aromatic heterocycles. The minimum Gasteiger partial charge on any atom is -0.464 e. The van der Waals surface area contributed by atoms with Crippen molar-refractivity contribution >= 4 is 17.8 Å². The summed E-state index contributed by atoms with van der Waals surface area (Å²) in [5.74, 6) is -2.71. The maximum absolute atomic E-state index is 12.8. The smallest absolute Gasteiger partial charge is 0.345 e. The SMILES string of the molecule is CCOC(=O)C1(C(=O)OCC)[C@H](c2ccccc2)C=CN1C(C)=O. The first-order valence-corrected chi connectivity index (χ1v) is 7.87. The maximum atomic E-state index is 12.8. The van der Waals surface area contributed by atoms with Gasteiger partial charge in [-0.1, -0.05) is 36.4 Å². The third-order valence-corrected chi connectivity index (χ3v) is 3.93. The minimum absolute atomic E-state index is 0.0905. The van der Waals surface area contributed by atoms with Gasteiger partial charge in [0.15, 0.2) is 0 Å². The van der Waals surface area contributed by atoms with Crippen LogP contribution in [0.1, 0.15) is 32.3 Å². The molecule has 6 heteroatoms. The molecule has 0 spiro atoms. The zero-order valence-electron chi connectivity index (χ0n) is 14.0. The van der Waals surface area contributed by atoms with Crippen molar-refractivity contribution < 1.29 is 23.9 Å². The Morgan fingerprint density at radius 1 is 1.04 bits per heavy atom. The van der Waals surface area contributed by atoms with Gasteiger partial charge in [-0.2, -0.15) is 0 Å². The second-order valence-corrected chi connectivity index (χ2v) is 5.33. The number of esters is 2. The molecule has 0 unspecified atom stereocenters. The number of carbonyl (C=O) groups is 3. The van der Waals surface area contributed by atoms with Gasteiger partial charge in [-0.15, -0.1) is 0 Å². The van der Waals surface area contributed by atoms with Crippen LogP contribution in [0.2, 0.25) is 0 Å². The minimum atomic E-state index is -1.88. The molecule has 1 aromatic rings. The molecule has 128 valence electrons. The van der Waals surface area contributed by atoms with Gasteiger partial charge >= 0.3 is 11.9 Å². The van der Waals surface area contributed by atoms with Gasteiger partial charge in [0.2, 0.25) is 5.91 Å². The van der Waals surface area contributed by atoms with E-state index >= 15 is 0 Å². The predicted molar refractivity (Wildman–Crippen MR) is 86.8 cm³/mol. The zero-order valence-corrected chi connectivity index (χ0v) is 14.0. The van der Waals surface area contributed by atoms with Crippen molar-refractivity contribution in [2.24, 2.45) is 0 Å². The third kappa shape index (κ3) is 2.79. The van der Waals surface area contributed by atoms with E-state index < -0.39 is 29.3 Å². The van der Waals surface area contributed by atoms with Gasteiger partial charge in [0.1, 0.15) is 0 Å². The second kappa shape index (κ2) is 7.29. The van der Waals surface area contributed by atoms with E-state index in [1.165, 1.54) is 13.1 Å². The Bertz CT molecular complexity index is 635. The standard InChI is InChI=1S/C18H21NO5/c1-4-23-16(21)18(17(22)24-5-2)15(11-12-19(18)13(3)20)14-9-7-6-8-10-14/h6-12,15H,4-5H2,1-3H3/t15-/m0/s1. The molecule has 6 nitrogen and oxygen atoms in total. The lowest BCUT2D eigenvalue weighted by molar-refractivity contribution is -0.176. The highest BCUT2D eigenvalue weighted by Gasteiger charge is 2.62. The molecule has 1 aromatic carbocycles. The fourth-order valence-electron chi connectivity index (χ4n) is 2.96. The predicted octanol–water partition coefficient (Wildman–Crippen LogP) is 2.01. The first-order chi connectivity index (χ1) is 11.5. The normalized spacial score (nSPS) is 18.3. The highest BCUT2D eigenvalue weighted by molar-refractivity contribution is 6.10. The molecule has 2 rings (SSSR count). The number of ether oxygens (including phenoxy) is 2. The Hall–Kier alpha value is -2.63. The monoisotopic (exact) mass is 331 g/mol. The van der Waals surface area contributed by atoms with Crippen LogP contribution in [0.4, 0.5) is 0 Å². The molecule has 1 amide bonds. The van der Waals surface area contributed by atoms with Crippen LogP contribution in [0, 0.1) is 0 Å². The Labute approximate surface area is 141 Å². The zero-order chi connectivity index (χ0) is 17.7. The van der Waals surface area contributed by atoms with Crippen molar-refractivity contribution in [3.05, 3.63) is 48.2 Å². The van der Waals surface area contributed by atoms with E-state index in [4.69, 9.17) is 9.47 Å². The van der Waals surface area contributed by atoms with E-state index in [9.17, 15) is 14.4 Å². The van der Waals surface area contributed by atoms with Crippen molar-refractivity contribution in [3.8, 4) is 0 Å². The average molecular weight is 331 g/mol. The fraction of sp³-hybridized carbons (Fsp3) is 0.389. The van der Waals surface area contributed by atoms with Crippen LogP contribution in [0.5, 0.6) is 0 Å². The van der Waals surface area contributed by atoms with Crippen molar-refractivity contribution in [3.63, 3.8) is 0 Å². The van der Waals surface area contributed by atoms with Gasteiger partial charge in [0.05, 0.1) is 13.2 Å². The fourth-order valence-corrected chi connectivity index (χ4v) is 2.96. The number of hydrogen-bond acceptors (Lipinski definition) is 5. The highest BCUT2D eigenvalue weighted by atomic mass is 16.6. The van der Waals surface area contributed by atoms with Crippen molar-refractivity contribution in [2.45, 2.75) is 32.2 Å². The molecular weight excluding hydrogens is 310 g/mol. The molecular formula is C18H21NO5. The van der Waals surface area contributed by atoms with Crippen LogP contribution < -0.4 is 0 Å². The molecule has 1 aliphatic rings. The van der Waals surface area contributed by atoms with E-state index in [2.05, 4.69) is 0 Å². The lowest BCUT2D eigenvalue weighted by atomic mass is 9.80. The van der Waals surface area contributed by atoms with E-state index in [-0.39, 0.29) is 13.2 Å². The molecule has 0 radical (unpaired) electrons. The molecule has 0 saturated heterocycles. The average Bonchev–Trinajstić information content (AvgIpc) is 2.97. The molecule has 0 bridgehead atoms. The van der Waals surface area contributed by atoms with E-state index in [0.717, 1.165) is 10.5 Å². The van der Waals surface area contributed by atoms with Crippen LogP contribution in [0.15, 0.2) is 42.6 Å². The van der Waals surface area contributed by atoms with Crippen LogP contribution in [0.3, 0.4) is 0 Å². The largest absolute Gasteiger partial charge is 0.464 e. The topological polar surface area (TPSA) is 72.9 Å². The van der Waals surface area contributed by atoms with E-state index in [0.29, 0.717) is 0 Å². The molecule has 0 saturated carbocycles. The molecule has 24 heavy (non-hydrogen) atoms. The van der Waals surface area contributed by atoms with E-state index in [1.807, 2.05) is 6.07 Å². The number of carbonyl (C=O) groups excluding carboxylic acids is 3. The lowest BCUT2D eigenvalue weighted by Gasteiger charge is -2.37. The third-order valence-electron chi connectivity index (χ3n) is 3.93. The molecule has 0 N–H and O–H groups in total. The molecule has 1 aliphatic heterocycles. The lowest BCUT2D eigenvalue weighted by Crippen LogP contribution is -2.61.